The van der Waals surface area contributed by atoms with Crippen molar-refractivity contribution in [1.29, 1.82) is 0 Å². The first kappa shape index (κ1) is 24.1. The molecule has 3 aromatic rings. The minimum atomic E-state index is -0.629. The van der Waals surface area contributed by atoms with Crippen molar-refractivity contribution < 1.29 is 28.5 Å². The van der Waals surface area contributed by atoms with Gasteiger partial charge in [-0.25, -0.2) is 4.79 Å². The second-order valence-corrected chi connectivity index (χ2v) is 7.91. The molecule has 1 aliphatic heterocycles. The van der Waals surface area contributed by atoms with Crippen LogP contribution >= 0.6 is 0 Å². The summed E-state index contributed by atoms with van der Waals surface area (Å²) in [7, 11) is 1.50. The summed E-state index contributed by atoms with van der Waals surface area (Å²) in [5.41, 5.74) is 2.98. The van der Waals surface area contributed by atoms with E-state index in [0.29, 0.717) is 37.0 Å². The zero-order valence-corrected chi connectivity index (χ0v) is 19.6. The van der Waals surface area contributed by atoms with Crippen molar-refractivity contribution >= 4 is 23.3 Å². The van der Waals surface area contributed by atoms with Crippen molar-refractivity contribution in [3.8, 4) is 11.5 Å². The molecular formula is C27H28N2O6. The van der Waals surface area contributed by atoms with Gasteiger partial charge in [-0.3, -0.25) is 4.79 Å². The Morgan fingerprint density at radius 1 is 0.943 bits per heavy atom. The number of carbonyl (C=O) groups excluding carboxylic acids is 2. The number of benzene rings is 3. The molecule has 8 heteroatoms. The summed E-state index contributed by atoms with van der Waals surface area (Å²) in [5.74, 6) is -0.144. The molecule has 0 saturated carbocycles. The Kier molecular flexibility index (Phi) is 8.19. The number of nitrogens with zero attached hydrogens (tertiary/aromatic N) is 1. The number of rotatable bonds is 9. The molecule has 35 heavy (non-hydrogen) atoms. The number of carbonyl (C=O) groups is 2. The topological polar surface area (TPSA) is 86.3 Å². The molecule has 0 unspecified atom stereocenters. The highest BCUT2D eigenvalue weighted by molar-refractivity contribution is 5.95. The van der Waals surface area contributed by atoms with Crippen LogP contribution in [0.25, 0.3) is 0 Å². The van der Waals surface area contributed by atoms with Gasteiger partial charge >= 0.3 is 5.97 Å². The molecule has 0 radical (unpaired) electrons. The first-order chi connectivity index (χ1) is 17.1. The molecule has 8 nitrogen and oxygen atoms in total. The largest absolute Gasteiger partial charge is 0.493 e. The van der Waals surface area contributed by atoms with Crippen LogP contribution in [0.2, 0.25) is 0 Å². The van der Waals surface area contributed by atoms with Gasteiger partial charge in [0.1, 0.15) is 6.61 Å². The highest BCUT2D eigenvalue weighted by Crippen LogP contribution is 2.29. The molecule has 0 aliphatic carbocycles. The fraction of sp³-hybridized carbons (Fsp3) is 0.259. The SMILES string of the molecule is COc1cc(C(=O)OCC(=O)Nc2ccc(N3CCOCC3)cc2)ccc1OCc1ccccc1. The lowest BCUT2D eigenvalue weighted by Crippen LogP contribution is -2.36. The van der Waals surface area contributed by atoms with E-state index >= 15 is 0 Å². The van der Waals surface area contributed by atoms with E-state index in [9.17, 15) is 9.59 Å². The molecule has 1 N–H and O–H groups in total. The molecular weight excluding hydrogens is 448 g/mol. The molecule has 182 valence electrons. The average molecular weight is 477 g/mol. The van der Waals surface area contributed by atoms with Crippen LogP contribution in [0.15, 0.2) is 72.8 Å². The standard InChI is InChI=1S/C27H28N2O6/c1-32-25-17-21(7-12-24(25)34-18-20-5-3-2-4-6-20)27(31)35-19-26(30)28-22-8-10-23(11-9-22)29-13-15-33-16-14-29/h2-12,17H,13-16,18-19H2,1H3,(H,28,30). The van der Waals surface area contributed by atoms with Crippen LogP contribution in [0.3, 0.4) is 0 Å². The number of ether oxygens (including phenoxy) is 4. The van der Waals surface area contributed by atoms with E-state index in [2.05, 4.69) is 10.2 Å². The van der Waals surface area contributed by atoms with Gasteiger partial charge in [0, 0.05) is 24.5 Å². The molecule has 1 heterocycles. The van der Waals surface area contributed by atoms with Crippen molar-refractivity contribution in [2.75, 3.05) is 50.2 Å². The van der Waals surface area contributed by atoms with E-state index in [4.69, 9.17) is 18.9 Å². The number of hydrogen-bond donors (Lipinski definition) is 1. The summed E-state index contributed by atoms with van der Waals surface area (Å²) in [4.78, 5) is 27.0. The van der Waals surface area contributed by atoms with Crippen molar-refractivity contribution in [2.24, 2.45) is 0 Å². The predicted molar refractivity (Wildman–Crippen MR) is 132 cm³/mol. The smallest absolute Gasteiger partial charge is 0.338 e. The fourth-order valence-corrected chi connectivity index (χ4v) is 3.64. The Morgan fingerprint density at radius 2 is 1.69 bits per heavy atom. The van der Waals surface area contributed by atoms with Crippen LogP contribution in [-0.2, 0) is 20.9 Å². The van der Waals surface area contributed by atoms with Gasteiger partial charge in [0.25, 0.3) is 5.91 Å². The predicted octanol–water partition coefficient (Wildman–Crippen LogP) is 3.91. The van der Waals surface area contributed by atoms with E-state index < -0.39 is 18.5 Å². The fourth-order valence-electron chi connectivity index (χ4n) is 3.64. The maximum absolute atomic E-state index is 12.5. The zero-order chi connectivity index (χ0) is 24.5. The maximum Gasteiger partial charge on any atom is 0.338 e. The van der Waals surface area contributed by atoms with Crippen LogP contribution in [0, 0.1) is 0 Å². The number of morpholine rings is 1. The lowest BCUT2D eigenvalue weighted by molar-refractivity contribution is -0.119. The van der Waals surface area contributed by atoms with Crippen LogP contribution in [-0.4, -0.2) is 51.9 Å². The van der Waals surface area contributed by atoms with Gasteiger partial charge in [-0.15, -0.1) is 0 Å². The highest BCUT2D eigenvalue weighted by Gasteiger charge is 2.15. The number of esters is 1. The summed E-state index contributed by atoms with van der Waals surface area (Å²) >= 11 is 0. The number of methoxy groups -OCH3 is 1. The number of hydrogen-bond acceptors (Lipinski definition) is 7. The minimum Gasteiger partial charge on any atom is -0.493 e. The summed E-state index contributed by atoms with van der Waals surface area (Å²) in [6, 6.07) is 22.0. The Balaban J connectivity index is 1.27. The normalized spacial score (nSPS) is 13.1. The third kappa shape index (κ3) is 6.74. The van der Waals surface area contributed by atoms with Crippen molar-refractivity contribution in [3.05, 3.63) is 83.9 Å². The molecule has 1 amide bonds. The lowest BCUT2D eigenvalue weighted by atomic mass is 10.2. The molecule has 0 bridgehead atoms. The van der Waals surface area contributed by atoms with Gasteiger partial charge in [-0.05, 0) is 48.0 Å². The van der Waals surface area contributed by atoms with Crippen LogP contribution in [0.4, 0.5) is 11.4 Å². The average Bonchev–Trinajstić information content (AvgIpc) is 2.92. The third-order valence-electron chi connectivity index (χ3n) is 5.50. The summed E-state index contributed by atoms with van der Waals surface area (Å²) < 4.78 is 21.7. The Hall–Kier alpha value is -4.04. The van der Waals surface area contributed by atoms with Crippen LogP contribution < -0.4 is 19.7 Å². The Morgan fingerprint density at radius 3 is 2.40 bits per heavy atom. The second-order valence-electron chi connectivity index (χ2n) is 7.91. The first-order valence-corrected chi connectivity index (χ1v) is 11.4. The Bertz CT molecular complexity index is 1130. The highest BCUT2D eigenvalue weighted by atomic mass is 16.5. The second kappa shape index (κ2) is 11.9. The van der Waals surface area contributed by atoms with Gasteiger partial charge in [0.05, 0.1) is 25.9 Å². The molecule has 1 fully saturated rings. The summed E-state index contributed by atoms with van der Waals surface area (Å²) in [5, 5.41) is 2.74. The lowest BCUT2D eigenvalue weighted by Gasteiger charge is -2.28. The molecule has 0 aromatic heterocycles. The van der Waals surface area contributed by atoms with Gasteiger partial charge < -0.3 is 29.2 Å². The quantitative estimate of drug-likeness (QED) is 0.469. The van der Waals surface area contributed by atoms with Crippen LogP contribution in [0.1, 0.15) is 15.9 Å². The van der Waals surface area contributed by atoms with Crippen molar-refractivity contribution in [2.45, 2.75) is 6.61 Å². The van der Waals surface area contributed by atoms with Gasteiger partial charge in [0.15, 0.2) is 18.1 Å². The van der Waals surface area contributed by atoms with E-state index in [1.54, 1.807) is 12.1 Å². The van der Waals surface area contributed by atoms with Crippen molar-refractivity contribution in [1.82, 2.24) is 0 Å². The van der Waals surface area contributed by atoms with E-state index in [-0.39, 0.29) is 5.56 Å². The third-order valence-corrected chi connectivity index (χ3v) is 5.50. The van der Waals surface area contributed by atoms with Gasteiger partial charge in [-0.2, -0.15) is 0 Å². The monoisotopic (exact) mass is 476 g/mol. The molecule has 1 aliphatic rings. The summed E-state index contributed by atoms with van der Waals surface area (Å²) in [6.45, 7) is 3.06. The molecule has 0 atom stereocenters. The minimum absolute atomic E-state index is 0.261. The number of nitrogens with one attached hydrogen (secondary N) is 1. The Labute approximate surface area is 204 Å². The van der Waals surface area contributed by atoms with E-state index in [0.717, 1.165) is 24.3 Å². The molecule has 1 saturated heterocycles. The molecule has 4 rings (SSSR count). The van der Waals surface area contributed by atoms with E-state index in [1.165, 1.54) is 13.2 Å². The maximum atomic E-state index is 12.5. The summed E-state index contributed by atoms with van der Waals surface area (Å²) in [6.07, 6.45) is 0. The van der Waals surface area contributed by atoms with Crippen LogP contribution in [0.5, 0.6) is 11.5 Å². The van der Waals surface area contributed by atoms with Gasteiger partial charge in [0.2, 0.25) is 0 Å². The first-order valence-electron chi connectivity index (χ1n) is 11.4. The molecule has 3 aromatic carbocycles. The van der Waals surface area contributed by atoms with Crippen molar-refractivity contribution in [3.63, 3.8) is 0 Å². The zero-order valence-electron chi connectivity index (χ0n) is 19.6. The van der Waals surface area contributed by atoms with E-state index in [1.807, 2.05) is 54.6 Å². The number of amides is 1. The van der Waals surface area contributed by atoms with Gasteiger partial charge in [-0.1, -0.05) is 30.3 Å². The molecule has 0 spiro atoms. The number of anilines is 2.